The molecule has 92 valence electrons. The van der Waals surface area contributed by atoms with E-state index >= 15 is 0 Å². The average molecular weight is 235 g/mol. The van der Waals surface area contributed by atoms with Gasteiger partial charge in [0.05, 0.1) is 18.2 Å². The summed E-state index contributed by atoms with van der Waals surface area (Å²) in [5.41, 5.74) is 0.814. The first-order valence-corrected chi connectivity index (χ1v) is 5.76. The minimum atomic E-state index is 0.117. The van der Waals surface area contributed by atoms with Crippen LogP contribution < -0.4 is 4.90 Å². The Morgan fingerprint density at radius 3 is 2.88 bits per heavy atom. The van der Waals surface area contributed by atoms with Gasteiger partial charge < -0.3 is 10.0 Å². The van der Waals surface area contributed by atoms with Gasteiger partial charge in [-0.1, -0.05) is 6.92 Å². The molecule has 17 heavy (non-hydrogen) atoms. The molecule has 2 aromatic rings. The summed E-state index contributed by atoms with van der Waals surface area (Å²) in [4.78, 5) is 10.6. The molecule has 0 radical (unpaired) electrons. The predicted octanol–water partition coefficient (Wildman–Crippen LogP) is 0.572. The molecule has 6 heteroatoms. The van der Waals surface area contributed by atoms with E-state index in [9.17, 15) is 0 Å². The second kappa shape index (κ2) is 5.09. The molecule has 0 aliphatic heterocycles. The van der Waals surface area contributed by atoms with Crippen LogP contribution in [0.2, 0.25) is 0 Å². The Bertz CT molecular complexity index is 490. The highest BCUT2D eigenvalue weighted by Crippen LogP contribution is 2.21. The molecule has 0 unspecified atom stereocenters. The molecule has 0 aromatic carbocycles. The van der Waals surface area contributed by atoms with E-state index in [1.54, 1.807) is 17.2 Å². The maximum atomic E-state index is 9.10. The van der Waals surface area contributed by atoms with Crippen LogP contribution in [0.1, 0.15) is 13.3 Å². The molecule has 0 bridgehead atoms. The number of hydrogen-bond acceptors (Lipinski definition) is 5. The van der Waals surface area contributed by atoms with E-state index < -0.39 is 0 Å². The number of anilines is 1. The van der Waals surface area contributed by atoms with Gasteiger partial charge in [0.15, 0.2) is 5.65 Å². The van der Waals surface area contributed by atoms with E-state index in [2.05, 4.69) is 26.9 Å². The molecule has 0 aliphatic carbocycles. The van der Waals surface area contributed by atoms with Gasteiger partial charge in [-0.3, -0.25) is 4.68 Å². The van der Waals surface area contributed by atoms with E-state index in [-0.39, 0.29) is 6.61 Å². The fraction of sp³-hybridized carbons (Fsp3) is 0.545. The smallest absolute Gasteiger partial charge is 0.163 e. The van der Waals surface area contributed by atoms with Crippen molar-refractivity contribution in [1.29, 1.82) is 0 Å². The van der Waals surface area contributed by atoms with Crippen LogP contribution in [0.5, 0.6) is 0 Å². The van der Waals surface area contributed by atoms with Gasteiger partial charge >= 0.3 is 0 Å². The Hall–Kier alpha value is -1.69. The van der Waals surface area contributed by atoms with Crippen molar-refractivity contribution < 1.29 is 5.11 Å². The minimum absolute atomic E-state index is 0.117. The monoisotopic (exact) mass is 235 g/mol. The van der Waals surface area contributed by atoms with Crippen LogP contribution >= 0.6 is 0 Å². The third kappa shape index (κ3) is 2.21. The number of aliphatic hydroxyl groups is 1. The molecule has 2 heterocycles. The third-order valence-corrected chi connectivity index (χ3v) is 2.67. The topological polar surface area (TPSA) is 67.1 Å². The van der Waals surface area contributed by atoms with Gasteiger partial charge in [0.25, 0.3) is 0 Å². The fourth-order valence-corrected chi connectivity index (χ4v) is 1.92. The normalized spacial score (nSPS) is 11.0. The molecule has 0 amide bonds. The zero-order valence-electron chi connectivity index (χ0n) is 10.2. The third-order valence-electron chi connectivity index (χ3n) is 2.67. The van der Waals surface area contributed by atoms with Crippen molar-refractivity contribution in [2.75, 3.05) is 24.6 Å². The van der Waals surface area contributed by atoms with Crippen LogP contribution in [-0.4, -0.2) is 44.6 Å². The Morgan fingerprint density at radius 1 is 1.35 bits per heavy atom. The quantitative estimate of drug-likeness (QED) is 0.820. The molecule has 0 saturated heterocycles. The van der Waals surface area contributed by atoms with Crippen molar-refractivity contribution >= 4 is 16.9 Å². The Morgan fingerprint density at radius 2 is 2.18 bits per heavy atom. The molecule has 1 N–H and O–H groups in total. The SMILES string of the molecule is CCCN(CCO)c1ncnc2c1cnn2C. The first kappa shape index (κ1) is 11.8. The molecule has 2 rings (SSSR count). The molecule has 0 fully saturated rings. The van der Waals surface area contributed by atoms with Crippen molar-refractivity contribution in [3.63, 3.8) is 0 Å². The first-order valence-electron chi connectivity index (χ1n) is 5.76. The minimum Gasteiger partial charge on any atom is -0.395 e. The summed E-state index contributed by atoms with van der Waals surface area (Å²) in [7, 11) is 1.86. The Kier molecular flexibility index (Phi) is 3.53. The number of hydrogen-bond donors (Lipinski definition) is 1. The molecule has 2 aromatic heterocycles. The number of rotatable bonds is 5. The zero-order chi connectivity index (χ0) is 12.3. The van der Waals surface area contributed by atoms with E-state index in [1.807, 2.05) is 7.05 Å². The zero-order valence-corrected chi connectivity index (χ0v) is 10.2. The van der Waals surface area contributed by atoms with Gasteiger partial charge in [-0.05, 0) is 6.42 Å². The highest BCUT2D eigenvalue weighted by atomic mass is 16.3. The highest BCUT2D eigenvalue weighted by molar-refractivity contribution is 5.86. The second-order valence-corrected chi connectivity index (χ2v) is 3.91. The second-order valence-electron chi connectivity index (χ2n) is 3.91. The number of aromatic nitrogens is 4. The molecule has 6 nitrogen and oxygen atoms in total. The molecule has 0 aliphatic rings. The Labute approximate surface area is 99.9 Å². The van der Waals surface area contributed by atoms with Gasteiger partial charge in [0.1, 0.15) is 12.1 Å². The largest absolute Gasteiger partial charge is 0.395 e. The highest BCUT2D eigenvalue weighted by Gasteiger charge is 2.13. The van der Waals surface area contributed by atoms with Gasteiger partial charge in [-0.2, -0.15) is 5.10 Å². The number of aryl methyl sites for hydroxylation is 1. The maximum absolute atomic E-state index is 9.10. The van der Waals surface area contributed by atoms with Crippen LogP contribution in [0.15, 0.2) is 12.5 Å². The Balaban J connectivity index is 2.44. The van der Waals surface area contributed by atoms with Crippen molar-refractivity contribution in [3.8, 4) is 0 Å². The van der Waals surface area contributed by atoms with Gasteiger partial charge in [-0.15, -0.1) is 0 Å². The number of aliphatic hydroxyl groups excluding tert-OH is 1. The van der Waals surface area contributed by atoms with Crippen molar-refractivity contribution in [2.45, 2.75) is 13.3 Å². The van der Waals surface area contributed by atoms with E-state index in [0.717, 1.165) is 29.8 Å². The summed E-state index contributed by atoms with van der Waals surface area (Å²) in [6.45, 7) is 3.66. The summed E-state index contributed by atoms with van der Waals surface area (Å²) in [5.74, 6) is 0.846. The van der Waals surface area contributed by atoms with Gasteiger partial charge in [0.2, 0.25) is 0 Å². The first-order chi connectivity index (χ1) is 8.27. The summed E-state index contributed by atoms with van der Waals surface area (Å²) in [5, 5.41) is 14.2. The predicted molar refractivity (Wildman–Crippen MR) is 65.9 cm³/mol. The van der Waals surface area contributed by atoms with Crippen LogP contribution in [-0.2, 0) is 7.05 Å². The van der Waals surface area contributed by atoms with Crippen LogP contribution in [0.4, 0.5) is 5.82 Å². The van der Waals surface area contributed by atoms with Gasteiger partial charge in [0, 0.05) is 20.1 Å². The lowest BCUT2D eigenvalue weighted by atomic mass is 10.3. The molecule has 0 spiro atoms. The average Bonchev–Trinajstić information content (AvgIpc) is 2.71. The van der Waals surface area contributed by atoms with Crippen LogP contribution in [0.25, 0.3) is 11.0 Å². The molecular weight excluding hydrogens is 218 g/mol. The van der Waals surface area contributed by atoms with E-state index in [0.29, 0.717) is 6.54 Å². The van der Waals surface area contributed by atoms with Crippen molar-refractivity contribution in [1.82, 2.24) is 19.7 Å². The lowest BCUT2D eigenvalue weighted by Crippen LogP contribution is -2.28. The van der Waals surface area contributed by atoms with Crippen molar-refractivity contribution in [3.05, 3.63) is 12.5 Å². The van der Waals surface area contributed by atoms with Crippen LogP contribution in [0.3, 0.4) is 0 Å². The summed E-state index contributed by atoms with van der Waals surface area (Å²) < 4.78 is 1.73. The number of nitrogens with zero attached hydrogens (tertiary/aromatic N) is 5. The van der Waals surface area contributed by atoms with Gasteiger partial charge in [-0.25, -0.2) is 9.97 Å². The van der Waals surface area contributed by atoms with Crippen LogP contribution in [0, 0.1) is 0 Å². The lowest BCUT2D eigenvalue weighted by Gasteiger charge is -2.22. The van der Waals surface area contributed by atoms with E-state index in [4.69, 9.17) is 5.11 Å². The van der Waals surface area contributed by atoms with E-state index in [1.165, 1.54) is 0 Å². The molecule has 0 saturated carbocycles. The lowest BCUT2D eigenvalue weighted by molar-refractivity contribution is 0.301. The standard InChI is InChI=1S/C11H17N5O/c1-3-4-16(5-6-17)11-9-7-14-15(2)10(9)12-8-13-11/h7-8,17H,3-6H2,1-2H3. The maximum Gasteiger partial charge on any atom is 0.163 e. The number of fused-ring (bicyclic) bond motifs is 1. The van der Waals surface area contributed by atoms with Crippen molar-refractivity contribution in [2.24, 2.45) is 7.05 Å². The summed E-state index contributed by atoms with van der Waals surface area (Å²) >= 11 is 0. The molecule has 0 atom stereocenters. The summed E-state index contributed by atoms with van der Waals surface area (Å²) in [6, 6.07) is 0. The summed E-state index contributed by atoms with van der Waals surface area (Å²) in [6.07, 6.45) is 4.32. The molecular formula is C11H17N5O. The fourth-order valence-electron chi connectivity index (χ4n) is 1.92.